The van der Waals surface area contributed by atoms with Crippen LogP contribution in [-0.2, 0) is 11.3 Å². The second-order valence-electron chi connectivity index (χ2n) is 6.22. The first-order valence-electron chi connectivity index (χ1n) is 9.16. The zero-order valence-electron chi connectivity index (χ0n) is 16.0. The molecule has 28 heavy (non-hydrogen) atoms. The molecule has 1 amide bonds. The van der Waals surface area contributed by atoms with E-state index in [1.54, 1.807) is 25.4 Å². The molecular formula is C19H27IN4O4. The Kier molecular flexibility index (Phi) is 9.35. The average Bonchev–Trinajstić information content (AvgIpc) is 3.41. The summed E-state index contributed by atoms with van der Waals surface area (Å²) in [4.78, 5) is 20.6. The summed E-state index contributed by atoms with van der Waals surface area (Å²) in [5, 5.41) is 3.35. The van der Waals surface area contributed by atoms with Gasteiger partial charge >= 0.3 is 0 Å². The van der Waals surface area contributed by atoms with Crippen molar-refractivity contribution in [2.24, 2.45) is 4.99 Å². The predicted molar refractivity (Wildman–Crippen MR) is 116 cm³/mol. The van der Waals surface area contributed by atoms with Crippen LogP contribution in [0, 0.1) is 0 Å². The highest BCUT2D eigenvalue weighted by atomic mass is 127. The molecule has 0 saturated carbocycles. The van der Waals surface area contributed by atoms with Crippen LogP contribution in [0.3, 0.4) is 0 Å². The predicted octanol–water partition coefficient (Wildman–Crippen LogP) is 2.43. The molecule has 2 aromatic heterocycles. The molecule has 1 fully saturated rings. The van der Waals surface area contributed by atoms with Gasteiger partial charge in [-0.05, 0) is 30.7 Å². The molecular weight excluding hydrogens is 475 g/mol. The maximum atomic E-state index is 12.3. The monoisotopic (exact) mass is 502 g/mol. The van der Waals surface area contributed by atoms with Crippen molar-refractivity contribution in [3.8, 4) is 0 Å². The fourth-order valence-corrected chi connectivity index (χ4v) is 2.95. The Morgan fingerprint density at radius 1 is 1.14 bits per heavy atom. The molecule has 0 unspecified atom stereocenters. The van der Waals surface area contributed by atoms with Gasteiger partial charge in [-0.25, -0.2) is 0 Å². The maximum Gasteiger partial charge on any atom is 0.289 e. The molecule has 0 aromatic carbocycles. The highest BCUT2D eigenvalue weighted by Gasteiger charge is 2.24. The minimum Gasteiger partial charge on any atom is -0.467 e. The van der Waals surface area contributed by atoms with E-state index in [9.17, 15) is 4.79 Å². The van der Waals surface area contributed by atoms with Crippen molar-refractivity contribution in [3.05, 3.63) is 48.3 Å². The van der Waals surface area contributed by atoms with Gasteiger partial charge in [0.1, 0.15) is 12.4 Å². The van der Waals surface area contributed by atoms with Crippen LogP contribution in [0.25, 0.3) is 0 Å². The molecule has 9 heteroatoms. The first kappa shape index (κ1) is 22.3. The molecule has 0 atom stereocenters. The molecule has 0 spiro atoms. The zero-order valence-corrected chi connectivity index (χ0v) is 18.3. The van der Waals surface area contributed by atoms with Gasteiger partial charge in [0, 0.05) is 46.4 Å². The van der Waals surface area contributed by atoms with Crippen molar-refractivity contribution >= 4 is 35.8 Å². The standard InChI is InChI=1S/C19H26N4O4.HI/c1-20-19(21-7-4-12-25-15-16-5-2-13-26-16)23-10-8-22(9-11-23)18(24)17-6-3-14-27-17;/h2-3,5-6,13-14H,4,7-12,15H2,1H3,(H,20,21);1H. The molecule has 0 aliphatic carbocycles. The fraction of sp³-hybridized carbons (Fsp3) is 0.474. The summed E-state index contributed by atoms with van der Waals surface area (Å²) < 4.78 is 16.0. The van der Waals surface area contributed by atoms with Gasteiger partial charge in [-0.15, -0.1) is 24.0 Å². The number of hydrogen-bond donors (Lipinski definition) is 1. The molecule has 0 bridgehead atoms. The molecule has 1 saturated heterocycles. The quantitative estimate of drug-likeness (QED) is 0.271. The molecule has 1 N–H and O–H groups in total. The third-order valence-corrected chi connectivity index (χ3v) is 4.38. The van der Waals surface area contributed by atoms with Gasteiger partial charge in [0.2, 0.25) is 0 Å². The van der Waals surface area contributed by atoms with Crippen molar-refractivity contribution < 1.29 is 18.4 Å². The van der Waals surface area contributed by atoms with Crippen LogP contribution in [-0.4, -0.2) is 68.0 Å². The van der Waals surface area contributed by atoms with Crippen LogP contribution in [0.4, 0.5) is 0 Å². The number of aliphatic imine (C=N–C) groups is 1. The summed E-state index contributed by atoms with van der Waals surface area (Å²) in [6.45, 7) is 4.68. The number of amides is 1. The lowest BCUT2D eigenvalue weighted by Gasteiger charge is -2.36. The normalized spacial score (nSPS) is 14.7. The zero-order chi connectivity index (χ0) is 18.9. The van der Waals surface area contributed by atoms with E-state index in [0.717, 1.165) is 37.8 Å². The van der Waals surface area contributed by atoms with E-state index in [1.165, 1.54) is 6.26 Å². The molecule has 1 aliphatic heterocycles. The van der Waals surface area contributed by atoms with E-state index in [4.69, 9.17) is 13.6 Å². The number of halogens is 1. The van der Waals surface area contributed by atoms with Crippen molar-refractivity contribution in [2.75, 3.05) is 46.4 Å². The number of ether oxygens (including phenoxy) is 1. The second kappa shape index (κ2) is 11.7. The van der Waals surface area contributed by atoms with E-state index in [-0.39, 0.29) is 29.9 Å². The molecule has 8 nitrogen and oxygen atoms in total. The maximum absolute atomic E-state index is 12.3. The molecule has 3 rings (SSSR count). The average molecular weight is 502 g/mol. The van der Waals surface area contributed by atoms with Crippen LogP contribution in [0.5, 0.6) is 0 Å². The summed E-state index contributed by atoms with van der Waals surface area (Å²) in [5.74, 6) is 2.02. The van der Waals surface area contributed by atoms with Crippen LogP contribution in [0.1, 0.15) is 22.7 Å². The number of piperazine rings is 1. The first-order chi connectivity index (χ1) is 13.3. The van der Waals surface area contributed by atoms with Crippen LogP contribution >= 0.6 is 24.0 Å². The highest BCUT2D eigenvalue weighted by Crippen LogP contribution is 2.09. The number of guanidine groups is 1. The van der Waals surface area contributed by atoms with Crippen molar-refractivity contribution in [2.45, 2.75) is 13.0 Å². The van der Waals surface area contributed by atoms with E-state index < -0.39 is 0 Å². The van der Waals surface area contributed by atoms with Crippen molar-refractivity contribution in [3.63, 3.8) is 0 Å². The van der Waals surface area contributed by atoms with E-state index in [2.05, 4.69) is 15.2 Å². The molecule has 1 aliphatic rings. The van der Waals surface area contributed by atoms with Crippen LogP contribution in [0.15, 0.2) is 50.6 Å². The Labute approximate surface area is 181 Å². The minimum atomic E-state index is -0.0590. The number of rotatable bonds is 7. The van der Waals surface area contributed by atoms with E-state index in [0.29, 0.717) is 32.1 Å². The lowest BCUT2D eigenvalue weighted by atomic mass is 10.3. The molecule has 3 heterocycles. The number of carbonyl (C=O) groups excluding carboxylic acids is 1. The van der Waals surface area contributed by atoms with Gasteiger partial charge < -0.3 is 28.7 Å². The van der Waals surface area contributed by atoms with Crippen LogP contribution in [0.2, 0.25) is 0 Å². The number of carbonyl (C=O) groups is 1. The largest absolute Gasteiger partial charge is 0.467 e. The van der Waals surface area contributed by atoms with Gasteiger partial charge in [0.15, 0.2) is 11.7 Å². The lowest BCUT2D eigenvalue weighted by Crippen LogP contribution is -2.53. The first-order valence-corrected chi connectivity index (χ1v) is 9.16. The second-order valence-corrected chi connectivity index (χ2v) is 6.22. The Morgan fingerprint density at radius 3 is 2.50 bits per heavy atom. The van der Waals surface area contributed by atoms with Gasteiger partial charge in [-0.3, -0.25) is 9.79 Å². The smallest absolute Gasteiger partial charge is 0.289 e. The van der Waals surface area contributed by atoms with Gasteiger partial charge in [-0.1, -0.05) is 0 Å². The van der Waals surface area contributed by atoms with Gasteiger partial charge in [-0.2, -0.15) is 0 Å². The third-order valence-electron chi connectivity index (χ3n) is 4.38. The Bertz CT molecular complexity index is 710. The number of nitrogens with zero attached hydrogens (tertiary/aromatic N) is 3. The molecule has 154 valence electrons. The highest BCUT2D eigenvalue weighted by molar-refractivity contribution is 14.0. The number of hydrogen-bond acceptors (Lipinski definition) is 5. The van der Waals surface area contributed by atoms with Crippen molar-refractivity contribution in [1.29, 1.82) is 0 Å². The summed E-state index contributed by atoms with van der Waals surface area (Å²) in [6, 6.07) is 7.18. The van der Waals surface area contributed by atoms with E-state index in [1.807, 2.05) is 17.0 Å². The number of furan rings is 2. The van der Waals surface area contributed by atoms with Crippen molar-refractivity contribution in [1.82, 2.24) is 15.1 Å². The number of nitrogens with one attached hydrogen (secondary N) is 1. The SMILES string of the molecule is CN=C(NCCCOCc1ccco1)N1CCN(C(=O)c2ccco2)CC1.I. The lowest BCUT2D eigenvalue weighted by molar-refractivity contribution is 0.0657. The van der Waals surface area contributed by atoms with Gasteiger partial charge in [0.05, 0.1) is 12.5 Å². The molecule has 2 aromatic rings. The topological polar surface area (TPSA) is 83.5 Å². The Hall–Kier alpha value is -2.01. The summed E-state index contributed by atoms with van der Waals surface area (Å²) in [7, 11) is 1.77. The summed E-state index contributed by atoms with van der Waals surface area (Å²) in [6.07, 6.45) is 4.04. The Morgan fingerprint density at radius 2 is 1.86 bits per heavy atom. The fourth-order valence-electron chi connectivity index (χ4n) is 2.95. The summed E-state index contributed by atoms with van der Waals surface area (Å²) in [5.41, 5.74) is 0. The molecule has 0 radical (unpaired) electrons. The van der Waals surface area contributed by atoms with Gasteiger partial charge in [0.25, 0.3) is 5.91 Å². The Balaban J connectivity index is 0.00000280. The summed E-state index contributed by atoms with van der Waals surface area (Å²) >= 11 is 0. The minimum absolute atomic E-state index is 0. The van der Waals surface area contributed by atoms with E-state index >= 15 is 0 Å². The van der Waals surface area contributed by atoms with Crippen LogP contribution < -0.4 is 5.32 Å². The third kappa shape index (κ3) is 6.26.